The van der Waals surface area contributed by atoms with E-state index in [4.69, 9.17) is 25.8 Å². The highest BCUT2D eigenvalue weighted by atomic mass is 35.5. The monoisotopic (exact) mass is 493 g/mol. The van der Waals surface area contributed by atoms with Gasteiger partial charge in [-0.05, 0) is 35.9 Å². The molecule has 3 aromatic rings. The predicted octanol–water partition coefficient (Wildman–Crippen LogP) is 5.39. The molecule has 0 unspecified atom stereocenters. The molecule has 1 amide bonds. The molecule has 0 aliphatic rings. The molecule has 1 N–H and O–H groups in total. The van der Waals surface area contributed by atoms with Gasteiger partial charge in [-0.3, -0.25) is 14.9 Å². The number of nitro groups is 1. The number of halogens is 1. The molecule has 3 rings (SSSR count). The standard InChI is InChI=1S/C25H20ClN3O6/c1-33-23-13-19(29(31)32)8-9-21(23)28-25(30)18(14-27)11-16-7-10-22(24(12-16)34-2)35-15-17-5-3-4-6-20(17)26/h3-13H,15H2,1-2H3,(H,28,30). The number of benzene rings is 3. The number of anilines is 1. The van der Waals surface area contributed by atoms with Crippen LogP contribution in [0.15, 0.2) is 66.2 Å². The summed E-state index contributed by atoms with van der Waals surface area (Å²) in [6.45, 7) is 0.230. The zero-order chi connectivity index (χ0) is 25.4. The normalized spacial score (nSPS) is 10.7. The molecule has 0 spiro atoms. The zero-order valence-electron chi connectivity index (χ0n) is 18.8. The predicted molar refractivity (Wildman–Crippen MR) is 131 cm³/mol. The van der Waals surface area contributed by atoms with Crippen LogP contribution in [0.4, 0.5) is 11.4 Å². The van der Waals surface area contributed by atoms with Gasteiger partial charge >= 0.3 is 0 Å². The minimum absolute atomic E-state index is 0.0894. The lowest BCUT2D eigenvalue weighted by Gasteiger charge is -2.12. The van der Waals surface area contributed by atoms with E-state index < -0.39 is 10.8 Å². The van der Waals surface area contributed by atoms with Crippen molar-refractivity contribution in [2.45, 2.75) is 6.61 Å². The van der Waals surface area contributed by atoms with E-state index in [1.165, 1.54) is 38.5 Å². The van der Waals surface area contributed by atoms with Gasteiger partial charge in [-0.15, -0.1) is 0 Å². The van der Waals surface area contributed by atoms with Crippen LogP contribution in [0, 0.1) is 21.4 Å². The lowest BCUT2D eigenvalue weighted by molar-refractivity contribution is -0.384. The number of rotatable bonds is 9. The lowest BCUT2D eigenvalue weighted by atomic mass is 10.1. The third-order valence-corrected chi connectivity index (χ3v) is 5.22. The van der Waals surface area contributed by atoms with Crippen molar-refractivity contribution < 1.29 is 23.9 Å². The third-order valence-electron chi connectivity index (χ3n) is 4.85. The van der Waals surface area contributed by atoms with Gasteiger partial charge in [-0.1, -0.05) is 35.9 Å². The minimum atomic E-state index is -0.710. The Hall–Kier alpha value is -4.55. The fourth-order valence-corrected chi connectivity index (χ4v) is 3.26. The maximum Gasteiger partial charge on any atom is 0.273 e. The molecule has 0 aromatic heterocycles. The number of carbonyl (C=O) groups is 1. The molecule has 3 aromatic carbocycles. The van der Waals surface area contributed by atoms with Gasteiger partial charge in [-0.25, -0.2) is 0 Å². The van der Waals surface area contributed by atoms with Gasteiger partial charge < -0.3 is 19.5 Å². The van der Waals surface area contributed by atoms with Gasteiger partial charge in [0.15, 0.2) is 11.5 Å². The SMILES string of the molecule is COc1cc([N+](=O)[O-])ccc1NC(=O)C(C#N)=Cc1ccc(OCc2ccccc2Cl)c(OC)c1. The van der Waals surface area contributed by atoms with E-state index >= 15 is 0 Å². The van der Waals surface area contributed by atoms with Gasteiger partial charge in [0.25, 0.3) is 11.6 Å². The Labute approximate surface area is 206 Å². The highest BCUT2D eigenvalue weighted by molar-refractivity contribution is 6.31. The summed E-state index contributed by atoms with van der Waals surface area (Å²) >= 11 is 6.17. The van der Waals surface area contributed by atoms with E-state index in [2.05, 4.69) is 5.32 Å². The molecule has 0 aliphatic heterocycles. The summed E-state index contributed by atoms with van der Waals surface area (Å²) in [4.78, 5) is 23.1. The molecule has 35 heavy (non-hydrogen) atoms. The van der Waals surface area contributed by atoms with E-state index in [-0.39, 0.29) is 29.3 Å². The van der Waals surface area contributed by atoms with Crippen LogP contribution in [0.3, 0.4) is 0 Å². The van der Waals surface area contributed by atoms with Gasteiger partial charge in [0, 0.05) is 16.7 Å². The molecular formula is C25H20ClN3O6. The van der Waals surface area contributed by atoms with Crippen molar-refractivity contribution in [1.82, 2.24) is 0 Å². The van der Waals surface area contributed by atoms with E-state index in [9.17, 15) is 20.2 Å². The van der Waals surface area contributed by atoms with Crippen LogP contribution in [0.25, 0.3) is 6.08 Å². The first kappa shape index (κ1) is 25.1. The van der Waals surface area contributed by atoms with Crippen LogP contribution in [0.5, 0.6) is 17.2 Å². The number of nitriles is 1. The molecule has 178 valence electrons. The van der Waals surface area contributed by atoms with E-state index in [0.29, 0.717) is 22.1 Å². The number of non-ortho nitro benzene ring substituents is 1. The molecule has 10 heteroatoms. The number of nitro benzene ring substituents is 1. The van der Waals surface area contributed by atoms with Crippen molar-refractivity contribution in [3.63, 3.8) is 0 Å². The van der Waals surface area contributed by atoms with Crippen molar-refractivity contribution >= 4 is 35.0 Å². The van der Waals surface area contributed by atoms with Gasteiger partial charge in [0.1, 0.15) is 24.0 Å². The number of methoxy groups -OCH3 is 2. The summed E-state index contributed by atoms with van der Waals surface area (Å²) in [5.41, 5.74) is 1.13. The first-order valence-electron chi connectivity index (χ1n) is 10.2. The van der Waals surface area contributed by atoms with Gasteiger partial charge in [0.2, 0.25) is 0 Å². The Morgan fingerprint density at radius 1 is 1.09 bits per heavy atom. The summed E-state index contributed by atoms with van der Waals surface area (Å²) in [6, 6.07) is 17.8. The average molecular weight is 494 g/mol. The van der Waals surface area contributed by atoms with Crippen LogP contribution < -0.4 is 19.5 Å². The van der Waals surface area contributed by atoms with E-state index in [0.717, 1.165) is 5.56 Å². The van der Waals surface area contributed by atoms with Crippen molar-refractivity contribution in [2.75, 3.05) is 19.5 Å². The molecule has 0 fully saturated rings. The van der Waals surface area contributed by atoms with Gasteiger partial charge in [-0.2, -0.15) is 5.26 Å². The largest absolute Gasteiger partial charge is 0.494 e. The van der Waals surface area contributed by atoms with Crippen LogP contribution in [-0.4, -0.2) is 25.1 Å². The smallest absolute Gasteiger partial charge is 0.273 e. The number of nitrogens with one attached hydrogen (secondary N) is 1. The molecule has 9 nitrogen and oxygen atoms in total. The number of carbonyl (C=O) groups excluding carboxylic acids is 1. The highest BCUT2D eigenvalue weighted by Crippen LogP contribution is 2.31. The molecule has 0 saturated heterocycles. The summed E-state index contributed by atoms with van der Waals surface area (Å²) in [6.07, 6.45) is 1.38. The number of hydrogen-bond donors (Lipinski definition) is 1. The lowest BCUT2D eigenvalue weighted by Crippen LogP contribution is -2.14. The number of amides is 1. The summed E-state index contributed by atoms with van der Waals surface area (Å²) in [5, 5.41) is 23.6. The van der Waals surface area contributed by atoms with Crippen LogP contribution in [0.2, 0.25) is 5.02 Å². The second-order valence-electron chi connectivity index (χ2n) is 7.06. The summed E-state index contributed by atoms with van der Waals surface area (Å²) < 4.78 is 16.3. The summed E-state index contributed by atoms with van der Waals surface area (Å²) in [7, 11) is 2.79. The topological polar surface area (TPSA) is 124 Å². The molecule has 0 aliphatic carbocycles. The van der Waals surface area contributed by atoms with Crippen molar-refractivity contribution in [2.24, 2.45) is 0 Å². The second kappa shape index (κ2) is 11.5. The third kappa shape index (κ3) is 6.28. The molecule has 0 saturated carbocycles. The zero-order valence-corrected chi connectivity index (χ0v) is 19.5. The molecule has 0 atom stereocenters. The quantitative estimate of drug-likeness (QED) is 0.183. The van der Waals surface area contributed by atoms with Crippen molar-refractivity contribution in [3.8, 4) is 23.3 Å². The first-order valence-corrected chi connectivity index (χ1v) is 10.5. The first-order chi connectivity index (χ1) is 16.9. The van der Waals surface area contributed by atoms with Gasteiger partial charge in [0.05, 0.1) is 30.9 Å². The fourth-order valence-electron chi connectivity index (χ4n) is 3.07. The molecule has 0 radical (unpaired) electrons. The van der Waals surface area contributed by atoms with Crippen LogP contribution in [-0.2, 0) is 11.4 Å². The Bertz CT molecular complexity index is 1330. The fraction of sp³-hybridized carbons (Fsp3) is 0.120. The Morgan fingerprint density at radius 2 is 1.83 bits per heavy atom. The van der Waals surface area contributed by atoms with Crippen LogP contribution in [0.1, 0.15) is 11.1 Å². The second-order valence-corrected chi connectivity index (χ2v) is 7.46. The Kier molecular flexibility index (Phi) is 8.27. The van der Waals surface area contributed by atoms with E-state index in [1.54, 1.807) is 24.3 Å². The summed E-state index contributed by atoms with van der Waals surface area (Å²) in [5.74, 6) is 0.243. The molecule has 0 bridgehead atoms. The Balaban J connectivity index is 1.79. The Morgan fingerprint density at radius 3 is 2.49 bits per heavy atom. The van der Waals surface area contributed by atoms with Crippen molar-refractivity contribution in [1.29, 1.82) is 5.26 Å². The minimum Gasteiger partial charge on any atom is -0.494 e. The number of hydrogen-bond acceptors (Lipinski definition) is 7. The van der Waals surface area contributed by atoms with E-state index in [1.807, 2.05) is 24.3 Å². The number of ether oxygens (including phenoxy) is 3. The maximum absolute atomic E-state index is 12.7. The number of nitrogens with zero attached hydrogens (tertiary/aromatic N) is 2. The molecular weight excluding hydrogens is 474 g/mol. The van der Waals surface area contributed by atoms with Crippen molar-refractivity contribution in [3.05, 3.63) is 92.5 Å². The highest BCUT2D eigenvalue weighted by Gasteiger charge is 2.16. The average Bonchev–Trinajstić information content (AvgIpc) is 2.87. The van der Waals surface area contributed by atoms with Crippen LogP contribution >= 0.6 is 11.6 Å². The molecule has 0 heterocycles. The maximum atomic E-state index is 12.7.